The molecule has 4 heteroatoms. The molecular weight excluding hydrogens is 232 g/mol. The summed E-state index contributed by atoms with van der Waals surface area (Å²) >= 11 is 0. The first-order valence-corrected chi connectivity index (χ1v) is 6.10. The maximum Gasteiger partial charge on any atom is 0.303 e. The number of hydrogen-bond acceptors (Lipinski definition) is 3. The molecular formula is C14H18O4. The smallest absolute Gasteiger partial charge is 0.303 e. The lowest BCUT2D eigenvalue weighted by molar-refractivity contribution is -0.137. The van der Waals surface area contributed by atoms with E-state index in [4.69, 9.17) is 14.6 Å². The Morgan fingerprint density at radius 3 is 2.28 bits per heavy atom. The Balaban J connectivity index is 2.41. The molecule has 1 aromatic carbocycles. The van der Waals surface area contributed by atoms with E-state index in [9.17, 15) is 4.79 Å². The first-order chi connectivity index (χ1) is 8.67. The Morgan fingerprint density at radius 1 is 1.33 bits per heavy atom. The third kappa shape index (κ3) is 2.58. The molecule has 1 saturated carbocycles. The van der Waals surface area contributed by atoms with Gasteiger partial charge >= 0.3 is 5.97 Å². The molecule has 1 aliphatic rings. The maximum atomic E-state index is 11.0. The summed E-state index contributed by atoms with van der Waals surface area (Å²) in [6.45, 7) is 0. The number of carboxylic acids is 1. The van der Waals surface area contributed by atoms with Gasteiger partial charge in [0, 0.05) is 11.5 Å². The number of ether oxygens (including phenoxy) is 2. The molecule has 0 radical (unpaired) electrons. The third-order valence-corrected chi connectivity index (χ3v) is 3.42. The van der Waals surface area contributed by atoms with E-state index in [0.717, 1.165) is 18.4 Å². The summed E-state index contributed by atoms with van der Waals surface area (Å²) in [6, 6.07) is 5.57. The van der Waals surface area contributed by atoms with Crippen LogP contribution in [0.5, 0.6) is 11.5 Å². The number of carboxylic acid groups (broad SMARTS) is 1. The van der Waals surface area contributed by atoms with Gasteiger partial charge in [-0.2, -0.15) is 0 Å². The predicted octanol–water partition coefficient (Wildman–Crippen LogP) is 2.67. The fraction of sp³-hybridized carbons (Fsp3) is 0.500. The average Bonchev–Trinajstić information content (AvgIpc) is 3.19. The van der Waals surface area contributed by atoms with Crippen LogP contribution in [0, 0.1) is 5.92 Å². The number of carbonyl (C=O) groups is 1. The summed E-state index contributed by atoms with van der Waals surface area (Å²) < 4.78 is 10.7. The summed E-state index contributed by atoms with van der Waals surface area (Å²) in [4.78, 5) is 11.0. The van der Waals surface area contributed by atoms with E-state index in [1.807, 2.05) is 18.2 Å². The van der Waals surface area contributed by atoms with Gasteiger partial charge in [0.15, 0.2) is 0 Å². The first-order valence-electron chi connectivity index (χ1n) is 6.10. The number of aliphatic carboxylic acids is 1. The standard InChI is InChI=1S/C14H18O4/c1-17-11-4-3-5-12(18-2)14(11)10(8-13(15)16)9-6-7-9/h3-5,9-10H,6-8H2,1-2H3,(H,15,16). The van der Waals surface area contributed by atoms with Crippen LogP contribution in [-0.2, 0) is 4.79 Å². The molecule has 1 atom stereocenters. The van der Waals surface area contributed by atoms with Crippen LogP contribution in [0.4, 0.5) is 0 Å². The van der Waals surface area contributed by atoms with Gasteiger partial charge in [0.1, 0.15) is 11.5 Å². The van der Waals surface area contributed by atoms with Crippen LogP contribution in [0.25, 0.3) is 0 Å². The monoisotopic (exact) mass is 250 g/mol. The number of rotatable bonds is 6. The van der Waals surface area contributed by atoms with Crippen LogP contribution in [0.1, 0.15) is 30.7 Å². The Kier molecular flexibility index (Phi) is 3.75. The molecule has 1 N–H and O–H groups in total. The molecule has 0 bridgehead atoms. The molecule has 0 spiro atoms. The van der Waals surface area contributed by atoms with Gasteiger partial charge in [-0.25, -0.2) is 0 Å². The third-order valence-electron chi connectivity index (χ3n) is 3.42. The summed E-state index contributed by atoms with van der Waals surface area (Å²) in [5.41, 5.74) is 0.896. The quantitative estimate of drug-likeness (QED) is 0.843. The van der Waals surface area contributed by atoms with Crippen molar-refractivity contribution in [1.29, 1.82) is 0 Å². The molecule has 0 aromatic heterocycles. The van der Waals surface area contributed by atoms with Crippen molar-refractivity contribution < 1.29 is 19.4 Å². The van der Waals surface area contributed by atoms with Crippen molar-refractivity contribution >= 4 is 5.97 Å². The second-order valence-electron chi connectivity index (χ2n) is 4.62. The van der Waals surface area contributed by atoms with Crippen LogP contribution in [0.2, 0.25) is 0 Å². The Labute approximate surface area is 107 Å². The van der Waals surface area contributed by atoms with E-state index in [-0.39, 0.29) is 12.3 Å². The fourth-order valence-electron chi connectivity index (χ4n) is 2.44. The topological polar surface area (TPSA) is 55.8 Å². The maximum absolute atomic E-state index is 11.0. The number of hydrogen-bond donors (Lipinski definition) is 1. The van der Waals surface area contributed by atoms with Gasteiger partial charge in [0.2, 0.25) is 0 Å². The number of methoxy groups -OCH3 is 2. The molecule has 1 aromatic rings. The molecule has 0 saturated heterocycles. The lowest BCUT2D eigenvalue weighted by Crippen LogP contribution is -2.11. The lowest BCUT2D eigenvalue weighted by Gasteiger charge is -2.20. The first kappa shape index (κ1) is 12.7. The van der Waals surface area contributed by atoms with Crippen LogP contribution in [0.3, 0.4) is 0 Å². The van der Waals surface area contributed by atoms with Crippen molar-refractivity contribution in [1.82, 2.24) is 0 Å². The van der Waals surface area contributed by atoms with Gasteiger partial charge in [-0.1, -0.05) is 6.07 Å². The second kappa shape index (κ2) is 5.29. The van der Waals surface area contributed by atoms with Gasteiger partial charge in [-0.05, 0) is 30.9 Å². The predicted molar refractivity (Wildman–Crippen MR) is 67.3 cm³/mol. The molecule has 1 fully saturated rings. The zero-order valence-electron chi connectivity index (χ0n) is 10.7. The van der Waals surface area contributed by atoms with Crippen molar-refractivity contribution in [3.05, 3.63) is 23.8 Å². The van der Waals surface area contributed by atoms with Crippen molar-refractivity contribution in [3.63, 3.8) is 0 Å². The van der Waals surface area contributed by atoms with Crippen LogP contribution >= 0.6 is 0 Å². The van der Waals surface area contributed by atoms with Gasteiger partial charge in [-0.3, -0.25) is 4.79 Å². The highest BCUT2D eigenvalue weighted by Crippen LogP contribution is 2.49. The highest BCUT2D eigenvalue weighted by molar-refractivity contribution is 5.69. The number of benzene rings is 1. The SMILES string of the molecule is COc1cccc(OC)c1C(CC(=O)O)C1CC1. The molecule has 0 amide bonds. The Bertz CT molecular complexity index is 415. The van der Waals surface area contributed by atoms with Crippen molar-refractivity contribution in [2.75, 3.05) is 14.2 Å². The van der Waals surface area contributed by atoms with Crippen molar-refractivity contribution in [2.24, 2.45) is 5.92 Å². The van der Waals surface area contributed by atoms with E-state index in [1.165, 1.54) is 0 Å². The van der Waals surface area contributed by atoms with E-state index in [1.54, 1.807) is 14.2 Å². The molecule has 2 rings (SSSR count). The molecule has 0 heterocycles. The minimum absolute atomic E-state index is 0.0198. The zero-order chi connectivity index (χ0) is 13.1. The van der Waals surface area contributed by atoms with Crippen LogP contribution in [0.15, 0.2) is 18.2 Å². The fourth-order valence-corrected chi connectivity index (χ4v) is 2.44. The van der Waals surface area contributed by atoms with Crippen molar-refractivity contribution in [2.45, 2.75) is 25.2 Å². The lowest BCUT2D eigenvalue weighted by atomic mass is 9.89. The molecule has 1 unspecified atom stereocenters. The molecule has 0 aliphatic heterocycles. The Morgan fingerprint density at radius 2 is 1.89 bits per heavy atom. The summed E-state index contributed by atoms with van der Waals surface area (Å²) in [5, 5.41) is 9.07. The van der Waals surface area contributed by atoms with Crippen molar-refractivity contribution in [3.8, 4) is 11.5 Å². The molecule has 1 aliphatic carbocycles. The van der Waals surface area contributed by atoms with Gasteiger partial charge in [0.05, 0.1) is 20.6 Å². The average molecular weight is 250 g/mol. The minimum atomic E-state index is -0.778. The highest BCUT2D eigenvalue weighted by Gasteiger charge is 2.37. The summed E-state index contributed by atoms with van der Waals surface area (Å²) in [6.07, 6.45) is 2.29. The van der Waals surface area contributed by atoms with E-state index >= 15 is 0 Å². The molecule has 98 valence electrons. The second-order valence-corrected chi connectivity index (χ2v) is 4.62. The van der Waals surface area contributed by atoms with Gasteiger partial charge in [-0.15, -0.1) is 0 Å². The zero-order valence-corrected chi connectivity index (χ0v) is 10.7. The largest absolute Gasteiger partial charge is 0.496 e. The van der Waals surface area contributed by atoms with E-state index in [2.05, 4.69) is 0 Å². The highest BCUT2D eigenvalue weighted by atomic mass is 16.5. The molecule has 4 nitrogen and oxygen atoms in total. The summed E-state index contributed by atoms with van der Waals surface area (Å²) in [7, 11) is 3.20. The minimum Gasteiger partial charge on any atom is -0.496 e. The molecule has 18 heavy (non-hydrogen) atoms. The van der Waals surface area contributed by atoms with Crippen LogP contribution in [-0.4, -0.2) is 25.3 Å². The van der Waals surface area contributed by atoms with Gasteiger partial charge in [0.25, 0.3) is 0 Å². The Hall–Kier alpha value is -1.71. The normalized spacial score (nSPS) is 16.1. The van der Waals surface area contributed by atoms with Gasteiger partial charge < -0.3 is 14.6 Å². The van der Waals surface area contributed by atoms with E-state index < -0.39 is 5.97 Å². The van der Waals surface area contributed by atoms with Crippen LogP contribution < -0.4 is 9.47 Å². The summed E-state index contributed by atoms with van der Waals surface area (Å²) in [5.74, 6) is 1.07. The van der Waals surface area contributed by atoms with E-state index in [0.29, 0.717) is 17.4 Å².